The SMILES string of the molecule is CCCCCCCCOc1ccc2c(c1CCC)OC(CCC(=O)O)(CCC(=O)O)CC2=O. The number of hydrogen-bond donors (Lipinski definition) is 2. The van der Waals surface area contributed by atoms with Crippen molar-refractivity contribution in [1.82, 2.24) is 0 Å². The zero-order valence-electron chi connectivity index (χ0n) is 20.0. The van der Waals surface area contributed by atoms with Gasteiger partial charge in [-0.2, -0.15) is 0 Å². The van der Waals surface area contributed by atoms with E-state index in [1.54, 1.807) is 6.07 Å². The summed E-state index contributed by atoms with van der Waals surface area (Å²) in [5, 5.41) is 18.4. The molecule has 0 fully saturated rings. The fourth-order valence-electron chi connectivity index (χ4n) is 4.35. The number of Topliss-reactive ketones (excluding diaryl/α,β-unsaturated/α-hetero) is 1. The second-order valence-electron chi connectivity index (χ2n) is 8.96. The van der Waals surface area contributed by atoms with Gasteiger partial charge in [0.15, 0.2) is 5.78 Å². The fraction of sp³-hybridized carbons (Fsp3) is 0.654. The predicted octanol–water partition coefficient (Wildman–Crippen LogP) is 5.81. The van der Waals surface area contributed by atoms with Crippen molar-refractivity contribution in [3.05, 3.63) is 23.3 Å². The predicted molar refractivity (Wildman–Crippen MR) is 125 cm³/mol. The molecule has 1 aliphatic rings. The van der Waals surface area contributed by atoms with Crippen molar-refractivity contribution in [1.29, 1.82) is 0 Å². The summed E-state index contributed by atoms with van der Waals surface area (Å²) in [6.45, 7) is 4.81. The first-order chi connectivity index (χ1) is 15.8. The van der Waals surface area contributed by atoms with Crippen molar-refractivity contribution in [2.45, 2.75) is 103 Å². The molecule has 7 heteroatoms. The lowest BCUT2D eigenvalue weighted by Gasteiger charge is -2.39. The van der Waals surface area contributed by atoms with Crippen LogP contribution in [0.1, 0.15) is 107 Å². The number of ketones is 1. The third-order valence-corrected chi connectivity index (χ3v) is 6.16. The first kappa shape index (κ1) is 26.7. The highest BCUT2D eigenvalue weighted by Crippen LogP contribution is 2.44. The Balaban J connectivity index is 2.24. The van der Waals surface area contributed by atoms with Crippen LogP contribution in [0.5, 0.6) is 11.5 Å². The molecule has 1 heterocycles. The summed E-state index contributed by atoms with van der Waals surface area (Å²) in [7, 11) is 0. The maximum absolute atomic E-state index is 13.0. The number of carboxylic acids is 2. The molecular formula is C26H38O7. The molecule has 1 aliphatic heterocycles. The summed E-state index contributed by atoms with van der Waals surface area (Å²) in [6.07, 6.45) is 8.16. The molecule has 1 aromatic rings. The highest BCUT2D eigenvalue weighted by Gasteiger charge is 2.42. The Morgan fingerprint density at radius 2 is 1.61 bits per heavy atom. The van der Waals surface area contributed by atoms with Crippen molar-refractivity contribution in [2.75, 3.05) is 6.61 Å². The second-order valence-corrected chi connectivity index (χ2v) is 8.96. The van der Waals surface area contributed by atoms with Crippen molar-refractivity contribution in [2.24, 2.45) is 0 Å². The smallest absolute Gasteiger partial charge is 0.303 e. The lowest BCUT2D eigenvalue weighted by molar-refractivity contribution is -0.139. The van der Waals surface area contributed by atoms with Crippen LogP contribution in [0.25, 0.3) is 0 Å². The van der Waals surface area contributed by atoms with E-state index in [4.69, 9.17) is 9.47 Å². The van der Waals surface area contributed by atoms with E-state index in [2.05, 4.69) is 6.92 Å². The van der Waals surface area contributed by atoms with Crippen molar-refractivity contribution in [3.8, 4) is 11.5 Å². The normalized spacial score (nSPS) is 14.4. The molecular weight excluding hydrogens is 424 g/mol. The number of unbranched alkanes of at least 4 members (excludes halogenated alkanes) is 5. The van der Waals surface area contributed by atoms with Crippen LogP contribution in [0.4, 0.5) is 0 Å². The molecule has 0 aromatic heterocycles. The molecule has 2 N–H and O–H groups in total. The van der Waals surface area contributed by atoms with Gasteiger partial charge in [0.05, 0.1) is 18.6 Å². The largest absolute Gasteiger partial charge is 0.493 e. The number of aliphatic carboxylic acids is 2. The standard InChI is InChI=1S/C26H38O7/c1-3-5-6-7-8-9-17-32-22-12-11-19-21(27)18-26(15-13-23(28)29,16-14-24(30)31)33-25(19)20(22)10-4-2/h11-12H,3-10,13-18H2,1-2H3,(H,28,29)(H,30,31). The summed E-state index contributed by atoms with van der Waals surface area (Å²) in [6, 6.07) is 3.54. The van der Waals surface area contributed by atoms with Gasteiger partial charge in [-0.25, -0.2) is 0 Å². The van der Waals surface area contributed by atoms with Crippen LogP contribution in [0.15, 0.2) is 12.1 Å². The molecule has 0 radical (unpaired) electrons. The van der Waals surface area contributed by atoms with Gasteiger partial charge in [0, 0.05) is 18.4 Å². The monoisotopic (exact) mass is 462 g/mol. The van der Waals surface area contributed by atoms with Gasteiger partial charge in [-0.05, 0) is 37.8 Å². The first-order valence-electron chi connectivity index (χ1n) is 12.3. The van der Waals surface area contributed by atoms with Crippen LogP contribution in [0.3, 0.4) is 0 Å². The number of fused-ring (bicyclic) bond motifs is 1. The number of carbonyl (C=O) groups excluding carboxylic acids is 1. The zero-order chi connectivity index (χ0) is 24.3. The number of hydrogen-bond acceptors (Lipinski definition) is 5. The van der Waals surface area contributed by atoms with Gasteiger partial charge in [0.25, 0.3) is 0 Å². The summed E-state index contributed by atoms with van der Waals surface area (Å²) in [4.78, 5) is 35.5. The molecule has 2 rings (SSSR count). The minimum Gasteiger partial charge on any atom is -0.493 e. The maximum atomic E-state index is 13.0. The minimum atomic E-state index is -1.14. The van der Waals surface area contributed by atoms with E-state index in [0.717, 1.165) is 24.8 Å². The number of benzene rings is 1. The van der Waals surface area contributed by atoms with Gasteiger partial charge in [0.2, 0.25) is 0 Å². The average Bonchev–Trinajstić information content (AvgIpc) is 2.77. The van der Waals surface area contributed by atoms with Gasteiger partial charge in [-0.1, -0.05) is 52.4 Å². The van der Waals surface area contributed by atoms with E-state index < -0.39 is 17.5 Å². The van der Waals surface area contributed by atoms with Gasteiger partial charge >= 0.3 is 11.9 Å². The van der Waals surface area contributed by atoms with Crippen LogP contribution in [0.2, 0.25) is 0 Å². The summed E-state index contributed by atoms with van der Waals surface area (Å²) in [5.41, 5.74) is 0.136. The third-order valence-electron chi connectivity index (χ3n) is 6.16. The molecule has 0 aliphatic carbocycles. The molecule has 0 spiro atoms. The van der Waals surface area contributed by atoms with Gasteiger partial charge in [-0.3, -0.25) is 14.4 Å². The summed E-state index contributed by atoms with van der Waals surface area (Å²) >= 11 is 0. The lowest BCUT2D eigenvalue weighted by atomic mass is 9.82. The number of ether oxygens (including phenoxy) is 2. The van der Waals surface area contributed by atoms with Crippen LogP contribution >= 0.6 is 0 Å². The summed E-state index contributed by atoms with van der Waals surface area (Å²) in [5.74, 6) is -1.03. The molecule has 0 saturated heterocycles. The average molecular weight is 463 g/mol. The summed E-state index contributed by atoms with van der Waals surface area (Å²) < 4.78 is 12.4. The minimum absolute atomic E-state index is 0.0237. The van der Waals surface area contributed by atoms with E-state index in [9.17, 15) is 24.6 Å². The Morgan fingerprint density at radius 3 is 2.21 bits per heavy atom. The third kappa shape index (κ3) is 8.06. The first-order valence-corrected chi connectivity index (χ1v) is 12.3. The zero-order valence-corrected chi connectivity index (χ0v) is 20.0. The molecule has 33 heavy (non-hydrogen) atoms. The Labute approximate surface area is 196 Å². The lowest BCUT2D eigenvalue weighted by Crippen LogP contribution is -2.43. The van der Waals surface area contributed by atoms with Gasteiger partial charge < -0.3 is 19.7 Å². The Hall–Kier alpha value is -2.57. The van der Waals surface area contributed by atoms with Gasteiger partial charge in [0.1, 0.15) is 17.1 Å². The van der Waals surface area contributed by atoms with Crippen molar-refractivity contribution in [3.63, 3.8) is 0 Å². The number of carboxylic acid groups (broad SMARTS) is 2. The molecule has 7 nitrogen and oxygen atoms in total. The number of rotatable bonds is 16. The topological polar surface area (TPSA) is 110 Å². The van der Waals surface area contributed by atoms with E-state index in [1.807, 2.05) is 13.0 Å². The number of carbonyl (C=O) groups is 3. The second kappa shape index (κ2) is 13.2. The Bertz CT molecular complexity index is 797. The Morgan fingerprint density at radius 1 is 0.970 bits per heavy atom. The molecule has 1 aromatic carbocycles. The molecule has 184 valence electrons. The molecule has 0 amide bonds. The molecule has 0 atom stereocenters. The van der Waals surface area contributed by atoms with Crippen LogP contribution < -0.4 is 9.47 Å². The van der Waals surface area contributed by atoms with E-state index in [1.165, 1.54) is 25.7 Å². The molecule has 0 bridgehead atoms. The van der Waals surface area contributed by atoms with Crippen LogP contribution in [-0.2, 0) is 16.0 Å². The van der Waals surface area contributed by atoms with Gasteiger partial charge in [-0.15, -0.1) is 0 Å². The Kier molecular flexibility index (Phi) is 10.7. The van der Waals surface area contributed by atoms with E-state index in [-0.39, 0.29) is 37.9 Å². The highest BCUT2D eigenvalue weighted by molar-refractivity contribution is 6.01. The van der Waals surface area contributed by atoms with Crippen LogP contribution in [0, 0.1) is 0 Å². The van der Waals surface area contributed by atoms with Crippen molar-refractivity contribution < 1.29 is 34.1 Å². The maximum Gasteiger partial charge on any atom is 0.303 e. The van der Waals surface area contributed by atoms with Crippen molar-refractivity contribution >= 4 is 17.7 Å². The molecule has 0 unspecified atom stereocenters. The van der Waals surface area contributed by atoms with Crippen LogP contribution in [-0.4, -0.2) is 40.1 Å². The fourth-order valence-corrected chi connectivity index (χ4v) is 4.35. The molecule has 0 saturated carbocycles. The highest BCUT2D eigenvalue weighted by atomic mass is 16.5. The van der Waals surface area contributed by atoms with E-state index in [0.29, 0.717) is 30.1 Å². The quantitative estimate of drug-likeness (QED) is 0.298. The van der Waals surface area contributed by atoms with E-state index >= 15 is 0 Å².